The third kappa shape index (κ3) is 5.97. The Balaban J connectivity index is 1.81. The molecular weight excluding hydrogens is 400 g/mol. The van der Waals surface area contributed by atoms with Crippen LogP contribution in [0, 0.1) is 0 Å². The lowest BCUT2D eigenvalue weighted by Gasteiger charge is -2.36. The summed E-state index contributed by atoms with van der Waals surface area (Å²) >= 11 is 0. The Morgan fingerprint density at radius 2 is 2.00 bits per heavy atom. The number of H-pyrrole nitrogens is 1. The minimum absolute atomic E-state index is 0.0922. The molecule has 1 aromatic carbocycles. The number of ether oxygens (including phenoxy) is 2. The zero-order valence-electron chi connectivity index (χ0n) is 18.3. The summed E-state index contributed by atoms with van der Waals surface area (Å²) in [5.41, 5.74) is 1.39. The van der Waals surface area contributed by atoms with Crippen LogP contribution in [0.4, 0.5) is 4.79 Å². The molecule has 0 aliphatic carbocycles. The Labute approximate surface area is 181 Å². The number of benzene rings is 1. The molecule has 4 N–H and O–H groups in total. The summed E-state index contributed by atoms with van der Waals surface area (Å²) in [6.07, 6.45) is 1.79. The molecule has 0 bridgehead atoms. The van der Waals surface area contributed by atoms with E-state index >= 15 is 0 Å². The number of aromatic nitrogens is 1. The van der Waals surface area contributed by atoms with Crippen molar-refractivity contribution in [3.05, 3.63) is 36.0 Å². The number of fused-ring (bicyclic) bond motifs is 1. The molecule has 0 saturated carbocycles. The fourth-order valence-corrected chi connectivity index (χ4v) is 3.68. The zero-order valence-corrected chi connectivity index (χ0v) is 18.3. The van der Waals surface area contributed by atoms with Gasteiger partial charge in [0.2, 0.25) is 5.91 Å². The Bertz CT molecular complexity index is 949. The number of para-hydroxylation sites is 1. The molecule has 1 saturated heterocycles. The fraction of sp³-hybridized carbons (Fsp3) is 0.500. The summed E-state index contributed by atoms with van der Waals surface area (Å²) in [6, 6.07) is 6.47. The van der Waals surface area contributed by atoms with Crippen molar-refractivity contribution >= 4 is 28.9 Å². The third-order valence-corrected chi connectivity index (χ3v) is 5.13. The first-order valence-corrected chi connectivity index (χ1v) is 10.3. The SMILES string of the molecule is COC(=O)C[C@@H]1NC([C@H](Cc2c[nH]c3ccccc23)NC(=O)OC(C)(C)C)CNC1=O. The summed E-state index contributed by atoms with van der Waals surface area (Å²) in [4.78, 5) is 39.7. The van der Waals surface area contributed by atoms with Gasteiger partial charge in [-0.25, -0.2) is 4.79 Å². The van der Waals surface area contributed by atoms with Crippen molar-refractivity contribution in [1.29, 1.82) is 0 Å². The Hall–Kier alpha value is -3.07. The first-order valence-electron chi connectivity index (χ1n) is 10.3. The first kappa shape index (κ1) is 22.6. The average Bonchev–Trinajstić information content (AvgIpc) is 3.10. The lowest BCUT2D eigenvalue weighted by molar-refractivity contribution is -0.143. The van der Waals surface area contributed by atoms with Crippen LogP contribution < -0.4 is 16.0 Å². The van der Waals surface area contributed by atoms with E-state index in [4.69, 9.17) is 9.47 Å². The standard InChI is InChI=1S/C22H30N4O5/c1-22(2,3)31-21(29)26-16(9-13-11-23-15-8-6-5-7-14(13)15)18-12-24-20(28)17(25-18)10-19(27)30-4/h5-8,11,16-18,23,25H,9-10,12H2,1-4H3,(H,24,28)(H,26,29)/t16-,17-,18?/m0/s1. The average molecular weight is 431 g/mol. The third-order valence-electron chi connectivity index (χ3n) is 5.13. The van der Waals surface area contributed by atoms with E-state index in [1.807, 2.05) is 30.5 Å². The second-order valence-corrected chi connectivity index (χ2v) is 8.67. The van der Waals surface area contributed by atoms with E-state index in [1.54, 1.807) is 20.8 Å². The molecule has 0 radical (unpaired) electrons. The number of alkyl carbamates (subject to hydrolysis) is 1. The highest BCUT2D eigenvalue weighted by Gasteiger charge is 2.35. The predicted octanol–water partition coefficient (Wildman–Crippen LogP) is 1.62. The van der Waals surface area contributed by atoms with Crippen molar-refractivity contribution in [3.63, 3.8) is 0 Å². The molecule has 2 heterocycles. The quantitative estimate of drug-likeness (QED) is 0.517. The second-order valence-electron chi connectivity index (χ2n) is 8.67. The Kier molecular flexibility index (Phi) is 6.84. The Morgan fingerprint density at radius 3 is 2.71 bits per heavy atom. The summed E-state index contributed by atoms with van der Waals surface area (Å²) in [7, 11) is 1.28. The van der Waals surface area contributed by atoms with Gasteiger partial charge in [-0.3, -0.25) is 14.9 Å². The number of carbonyl (C=O) groups is 3. The maximum Gasteiger partial charge on any atom is 0.407 e. The fourth-order valence-electron chi connectivity index (χ4n) is 3.68. The van der Waals surface area contributed by atoms with Crippen molar-refractivity contribution in [3.8, 4) is 0 Å². The smallest absolute Gasteiger partial charge is 0.407 e. The molecule has 1 aromatic heterocycles. The van der Waals surface area contributed by atoms with Gasteiger partial charge in [0.1, 0.15) is 5.60 Å². The topological polar surface area (TPSA) is 122 Å². The highest BCUT2D eigenvalue weighted by Crippen LogP contribution is 2.21. The minimum Gasteiger partial charge on any atom is -0.469 e. The molecule has 9 heteroatoms. The van der Waals surface area contributed by atoms with Gasteiger partial charge in [-0.2, -0.15) is 0 Å². The Morgan fingerprint density at radius 1 is 1.26 bits per heavy atom. The van der Waals surface area contributed by atoms with Crippen molar-refractivity contribution in [2.75, 3.05) is 13.7 Å². The summed E-state index contributed by atoms with van der Waals surface area (Å²) in [5.74, 6) is -0.758. The van der Waals surface area contributed by atoms with E-state index in [-0.39, 0.29) is 18.4 Å². The van der Waals surface area contributed by atoms with Gasteiger partial charge >= 0.3 is 12.1 Å². The number of piperazine rings is 1. The number of esters is 1. The molecule has 9 nitrogen and oxygen atoms in total. The van der Waals surface area contributed by atoms with Gasteiger partial charge in [0.05, 0.1) is 25.6 Å². The van der Waals surface area contributed by atoms with Gasteiger partial charge in [-0.05, 0) is 38.8 Å². The van der Waals surface area contributed by atoms with Gasteiger partial charge in [-0.15, -0.1) is 0 Å². The number of hydrogen-bond donors (Lipinski definition) is 4. The normalized spacial score (nSPS) is 20.1. The number of hydrogen-bond acceptors (Lipinski definition) is 6. The van der Waals surface area contributed by atoms with Crippen molar-refractivity contribution < 1.29 is 23.9 Å². The maximum atomic E-state index is 12.5. The largest absolute Gasteiger partial charge is 0.469 e. The van der Waals surface area contributed by atoms with Gasteiger partial charge in [0.25, 0.3) is 0 Å². The first-order chi connectivity index (χ1) is 14.7. The van der Waals surface area contributed by atoms with Crippen LogP contribution >= 0.6 is 0 Å². The van der Waals surface area contributed by atoms with Gasteiger partial charge in [-0.1, -0.05) is 18.2 Å². The van der Waals surface area contributed by atoms with Crippen molar-refractivity contribution in [2.24, 2.45) is 0 Å². The van der Waals surface area contributed by atoms with Crippen LogP contribution in [0.5, 0.6) is 0 Å². The molecule has 168 valence electrons. The van der Waals surface area contributed by atoms with Gasteiger partial charge in [0.15, 0.2) is 0 Å². The van der Waals surface area contributed by atoms with Crippen LogP contribution in [-0.2, 0) is 25.5 Å². The molecule has 1 fully saturated rings. The molecule has 1 aliphatic heterocycles. The van der Waals surface area contributed by atoms with Crippen LogP contribution in [0.3, 0.4) is 0 Å². The van der Waals surface area contributed by atoms with Gasteiger partial charge < -0.3 is 25.1 Å². The molecule has 3 atom stereocenters. The van der Waals surface area contributed by atoms with Crippen molar-refractivity contribution in [1.82, 2.24) is 20.9 Å². The maximum absolute atomic E-state index is 12.5. The predicted molar refractivity (Wildman–Crippen MR) is 116 cm³/mol. The van der Waals surface area contributed by atoms with Crippen LogP contribution in [0.15, 0.2) is 30.5 Å². The molecule has 31 heavy (non-hydrogen) atoms. The van der Waals surface area contributed by atoms with E-state index in [1.165, 1.54) is 7.11 Å². The van der Waals surface area contributed by atoms with E-state index < -0.39 is 29.7 Å². The lowest BCUT2D eigenvalue weighted by Crippen LogP contribution is -2.65. The highest BCUT2D eigenvalue weighted by atomic mass is 16.6. The lowest BCUT2D eigenvalue weighted by atomic mass is 9.95. The number of methoxy groups -OCH3 is 1. The molecule has 2 amide bonds. The van der Waals surface area contributed by atoms with E-state index in [2.05, 4.69) is 20.9 Å². The molecule has 1 unspecified atom stereocenters. The summed E-state index contributed by atoms with van der Waals surface area (Å²) in [5, 5.41) is 10.0. The molecular formula is C22H30N4O5. The van der Waals surface area contributed by atoms with E-state index in [0.29, 0.717) is 13.0 Å². The second kappa shape index (κ2) is 9.38. The molecule has 0 spiro atoms. The number of rotatable bonds is 6. The van der Waals surface area contributed by atoms with Crippen LogP contribution in [0.2, 0.25) is 0 Å². The van der Waals surface area contributed by atoms with Crippen LogP contribution in [-0.4, -0.2) is 60.3 Å². The summed E-state index contributed by atoms with van der Waals surface area (Å²) in [6.45, 7) is 5.70. The number of carbonyl (C=O) groups excluding carboxylic acids is 3. The van der Waals surface area contributed by atoms with Crippen LogP contribution in [0.1, 0.15) is 32.8 Å². The van der Waals surface area contributed by atoms with Crippen LogP contribution in [0.25, 0.3) is 10.9 Å². The van der Waals surface area contributed by atoms with Gasteiger partial charge in [0, 0.05) is 29.7 Å². The highest BCUT2D eigenvalue weighted by molar-refractivity contribution is 5.87. The van der Waals surface area contributed by atoms with Crippen molar-refractivity contribution in [2.45, 2.75) is 57.3 Å². The number of amides is 2. The van der Waals surface area contributed by atoms with E-state index in [9.17, 15) is 14.4 Å². The minimum atomic E-state index is -0.739. The molecule has 1 aliphatic rings. The van der Waals surface area contributed by atoms with E-state index in [0.717, 1.165) is 16.5 Å². The molecule has 2 aromatic rings. The number of nitrogens with one attached hydrogen (secondary N) is 4. The monoisotopic (exact) mass is 430 g/mol. The number of aromatic amines is 1. The summed E-state index contributed by atoms with van der Waals surface area (Å²) < 4.78 is 10.1. The molecule has 3 rings (SSSR count). The zero-order chi connectivity index (χ0) is 22.6.